The molecule has 152 valence electrons. The Morgan fingerprint density at radius 2 is 2.21 bits per heavy atom. The maximum atomic E-state index is 12.7. The summed E-state index contributed by atoms with van der Waals surface area (Å²) >= 11 is 5.57. The van der Waals surface area contributed by atoms with Crippen LogP contribution in [0.3, 0.4) is 0 Å². The number of hydrogen-bond donors (Lipinski definition) is 3. The van der Waals surface area contributed by atoms with Crippen molar-refractivity contribution in [3.63, 3.8) is 0 Å². The maximum Gasteiger partial charge on any atom is 0.253 e. The zero-order valence-corrected chi connectivity index (χ0v) is 17.4. The summed E-state index contributed by atoms with van der Waals surface area (Å²) in [5.74, 6) is 0. The molecule has 0 unspecified atom stereocenters. The maximum absolute atomic E-state index is 12.7. The molecule has 1 saturated heterocycles. The van der Waals surface area contributed by atoms with Crippen molar-refractivity contribution in [2.75, 3.05) is 26.3 Å². The van der Waals surface area contributed by atoms with Crippen LogP contribution in [0.2, 0.25) is 0 Å². The van der Waals surface area contributed by atoms with Gasteiger partial charge in [-0.05, 0) is 68.4 Å². The molecule has 2 aromatic rings. The summed E-state index contributed by atoms with van der Waals surface area (Å²) in [4.78, 5) is 17.6. The number of H-pyrrole nitrogens is 1. The third kappa shape index (κ3) is 5.10. The van der Waals surface area contributed by atoms with Crippen molar-refractivity contribution in [2.24, 2.45) is 0 Å². The van der Waals surface area contributed by atoms with E-state index in [4.69, 9.17) is 17.0 Å². The number of nitrogens with one attached hydrogen (secondary N) is 2. The second kappa shape index (κ2) is 9.49. The predicted octanol–water partition coefficient (Wildman–Crippen LogP) is 2.38. The number of aliphatic hydroxyl groups excluding tert-OH is 1. The van der Waals surface area contributed by atoms with Crippen molar-refractivity contribution in [3.05, 3.63) is 45.2 Å². The summed E-state index contributed by atoms with van der Waals surface area (Å²) < 4.78 is 5.64. The number of fused-ring (bicyclic) bond motifs is 1. The molecule has 1 aromatic carbocycles. The molecule has 7 heteroatoms. The SMILES string of the molecule is Cc1cc(C)c2[nH]c(=O)c(CN(CCCO)C(=S)NC[C@H]3CCCO3)cc2c1. The van der Waals surface area contributed by atoms with Crippen molar-refractivity contribution in [1.29, 1.82) is 0 Å². The lowest BCUT2D eigenvalue weighted by Gasteiger charge is -2.26. The van der Waals surface area contributed by atoms with Gasteiger partial charge in [0.1, 0.15) is 0 Å². The molecule has 3 rings (SSSR count). The van der Waals surface area contributed by atoms with Crippen molar-refractivity contribution in [1.82, 2.24) is 15.2 Å². The molecule has 0 bridgehead atoms. The van der Waals surface area contributed by atoms with E-state index in [1.165, 1.54) is 0 Å². The molecule has 1 aliphatic heterocycles. The molecular formula is C21H29N3O3S. The van der Waals surface area contributed by atoms with E-state index in [1.54, 1.807) is 0 Å². The number of aryl methyl sites for hydroxylation is 2. The molecule has 0 spiro atoms. The van der Waals surface area contributed by atoms with Gasteiger partial charge in [0.25, 0.3) is 5.56 Å². The fourth-order valence-corrected chi connectivity index (χ4v) is 3.93. The molecule has 1 atom stereocenters. The topological polar surface area (TPSA) is 77.6 Å². The second-order valence-electron chi connectivity index (χ2n) is 7.49. The largest absolute Gasteiger partial charge is 0.396 e. The minimum atomic E-state index is -0.102. The van der Waals surface area contributed by atoms with E-state index in [0.717, 1.165) is 41.5 Å². The Kier molecular flexibility index (Phi) is 7.04. The van der Waals surface area contributed by atoms with Crippen LogP contribution in [0.25, 0.3) is 10.9 Å². The van der Waals surface area contributed by atoms with Gasteiger partial charge in [0.05, 0.1) is 18.2 Å². The van der Waals surface area contributed by atoms with Crippen molar-refractivity contribution < 1.29 is 9.84 Å². The van der Waals surface area contributed by atoms with E-state index in [9.17, 15) is 9.90 Å². The standard InChI is InChI=1S/C21H29N3O3S/c1-14-9-15(2)19-16(10-14)11-17(20(26)23-19)13-24(6-4-7-25)21(28)22-12-18-5-3-8-27-18/h9-11,18,25H,3-8,12-13H2,1-2H3,(H,22,28)(H,23,26)/t18-/m1/s1. The highest BCUT2D eigenvalue weighted by Crippen LogP contribution is 2.18. The monoisotopic (exact) mass is 403 g/mol. The van der Waals surface area contributed by atoms with Crippen LogP contribution in [0.4, 0.5) is 0 Å². The van der Waals surface area contributed by atoms with Gasteiger partial charge in [-0.1, -0.05) is 11.6 Å². The lowest BCUT2D eigenvalue weighted by Crippen LogP contribution is -2.43. The molecule has 1 fully saturated rings. The van der Waals surface area contributed by atoms with E-state index in [1.807, 2.05) is 17.9 Å². The van der Waals surface area contributed by atoms with E-state index in [2.05, 4.69) is 29.4 Å². The summed E-state index contributed by atoms with van der Waals surface area (Å²) in [6, 6.07) is 6.09. The van der Waals surface area contributed by atoms with Crippen LogP contribution in [-0.2, 0) is 11.3 Å². The molecule has 0 radical (unpaired) electrons. The Morgan fingerprint density at radius 1 is 1.39 bits per heavy atom. The number of aromatic amines is 1. The molecule has 28 heavy (non-hydrogen) atoms. The van der Waals surface area contributed by atoms with Crippen LogP contribution in [0.1, 0.15) is 36.0 Å². The third-order valence-corrected chi connectivity index (χ3v) is 5.51. The third-order valence-electron chi connectivity index (χ3n) is 5.11. The van der Waals surface area contributed by atoms with Gasteiger partial charge in [0.15, 0.2) is 5.11 Å². The summed E-state index contributed by atoms with van der Waals surface area (Å²) in [6.07, 6.45) is 2.90. The first kappa shape index (κ1) is 20.8. The summed E-state index contributed by atoms with van der Waals surface area (Å²) in [6.45, 7) is 6.59. The number of benzene rings is 1. The number of aromatic nitrogens is 1. The molecule has 6 nitrogen and oxygen atoms in total. The minimum Gasteiger partial charge on any atom is -0.396 e. The predicted molar refractivity (Wildman–Crippen MR) is 116 cm³/mol. The van der Waals surface area contributed by atoms with Crippen LogP contribution >= 0.6 is 12.2 Å². The summed E-state index contributed by atoms with van der Waals surface area (Å²) in [7, 11) is 0. The van der Waals surface area contributed by atoms with Gasteiger partial charge in [-0.3, -0.25) is 4.79 Å². The molecule has 1 aromatic heterocycles. The highest BCUT2D eigenvalue weighted by molar-refractivity contribution is 7.80. The minimum absolute atomic E-state index is 0.0807. The van der Waals surface area contributed by atoms with Crippen LogP contribution in [0.5, 0.6) is 0 Å². The van der Waals surface area contributed by atoms with Gasteiger partial charge in [0, 0.05) is 31.9 Å². The van der Waals surface area contributed by atoms with Gasteiger partial charge >= 0.3 is 0 Å². The van der Waals surface area contributed by atoms with E-state index < -0.39 is 0 Å². The van der Waals surface area contributed by atoms with Crippen LogP contribution in [0.15, 0.2) is 23.0 Å². The molecular weight excluding hydrogens is 374 g/mol. The first-order valence-corrected chi connectivity index (χ1v) is 10.3. The highest BCUT2D eigenvalue weighted by atomic mass is 32.1. The number of hydrogen-bond acceptors (Lipinski definition) is 4. The average Bonchev–Trinajstić information content (AvgIpc) is 3.17. The number of pyridine rings is 1. The highest BCUT2D eigenvalue weighted by Gasteiger charge is 2.18. The molecule has 0 saturated carbocycles. The van der Waals surface area contributed by atoms with Crippen molar-refractivity contribution >= 4 is 28.2 Å². The fraction of sp³-hybridized carbons (Fsp3) is 0.524. The number of ether oxygens (including phenoxy) is 1. The number of aliphatic hydroxyl groups is 1. The van der Waals surface area contributed by atoms with Crippen molar-refractivity contribution in [3.8, 4) is 0 Å². The van der Waals surface area contributed by atoms with Gasteiger partial charge in [0.2, 0.25) is 0 Å². The van der Waals surface area contributed by atoms with E-state index in [0.29, 0.717) is 36.7 Å². The molecule has 1 aliphatic rings. The zero-order chi connectivity index (χ0) is 20.1. The Labute approximate surface area is 170 Å². The quantitative estimate of drug-likeness (QED) is 0.616. The van der Waals surface area contributed by atoms with Crippen LogP contribution < -0.4 is 10.9 Å². The lowest BCUT2D eigenvalue weighted by atomic mass is 10.1. The zero-order valence-electron chi connectivity index (χ0n) is 16.6. The average molecular weight is 404 g/mol. The molecule has 0 amide bonds. The van der Waals surface area contributed by atoms with Gasteiger partial charge in [-0.25, -0.2) is 0 Å². The smallest absolute Gasteiger partial charge is 0.253 e. The van der Waals surface area contributed by atoms with Crippen LogP contribution in [0, 0.1) is 13.8 Å². The number of rotatable bonds is 7. The summed E-state index contributed by atoms with van der Waals surface area (Å²) in [5, 5.41) is 14.1. The first-order chi connectivity index (χ1) is 13.5. The molecule has 0 aliphatic carbocycles. The van der Waals surface area contributed by atoms with Gasteiger partial charge in [-0.2, -0.15) is 0 Å². The number of thiocarbonyl (C=S) groups is 1. The second-order valence-corrected chi connectivity index (χ2v) is 7.88. The molecule has 3 N–H and O–H groups in total. The Morgan fingerprint density at radius 3 is 2.93 bits per heavy atom. The van der Waals surface area contributed by atoms with Crippen molar-refractivity contribution in [2.45, 2.75) is 45.8 Å². The van der Waals surface area contributed by atoms with E-state index in [-0.39, 0.29) is 18.3 Å². The normalized spacial score (nSPS) is 16.5. The first-order valence-electron chi connectivity index (χ1n) is 9.86. The summed E-state index contributed by atoms with van der Waals surface area (Å²) in [5.41, 5.74) is 3.66. The Hall–Kier alpha value is -1.96. The molecule has 2 heterocycles. The lowest BCUT2D eigenvalue weighted by molar-refractivity contribution is 0.113. The van der Waals surface area contributed by atoms with Crippen LogP contribution in [-0.4, -0.2) is 52.5 Å². The van der Waals surface area contributed by atoms with Gasteiger partial charge in [-0.15, -0.1) is 0 Å². The van der Waals surface area contributed by atoms with E-state index >= 15 is 0 Å². The number of nitrogens with zero attached hydrogens (tertiary/aromatic N) is 1. The fourth-order valence-electron chi connectivity index (χ4n) is 3.69. The van der Waals surface area contributed by atoms with Gasteiger partial charge < -0.3 is 25.0 Å². The Bertz CT molecular complexity index is 890. The Balaban J connectivity index is 1.78.